The average Bonchev–Trinajstić information content (AvgIpc) is 2.66. The smallest absolute Gasteiger partial charge is 0.248 e. The zero-order valence-corrected chi connectivity index (χ0v) is 9.79. The summed E-state index contributed by atoms with van der Waals surface area (Å²) in [6, 6.07) is 0. The maximum atomic E-state index is 12.1. The van der Waals surface area contributed by atoms with Crippen LogP contribution >= 0.6 is 0 Å². The summed E-state index contributed by atoms with van der Waals surface area (Å²) in [5.41, 5.74) is 6.74. The van der Waals surface area contributed by atoms with Gasteiger partial charge in [-0.25, -0.2) is 8.42 Å². The highest BCUT2D eigenvalue weighted by molar-refractivity contribution is 7.89. The minimum Gasteiger partial charge on any atom is -0.383 e. The van der Waals surface area contributed by atoms with E-state index in [1.165, 1.54) is 16.1 Å². The maximum absolute atomic E-state index is 12.1. The van der Waals surface area contributed by atoms with Crippen molar-refractivity contribution in [1.29, 1.82) is 0 Å². The molecule has 1 aliphatic rings. The Bertz CT molecular complexity index is 517. The molecule has 0 amide bonds. The molecule has 0 radical (unpaired) electrons. The summed E-state index contributed by atoms with van der Waals surface area (Å²) in [7, 11) is -3.50. The molecule has 3 N–H and O–H groups in total. The Morgan fingerprint density at radius 2 is 2.31 bits per heavy atom. The largest absolute Gasteiger partial charge is 0.383 e. The van der Waals surface area contributed by atoms with Crippen LogP contribution in [0.4, 0.5) is 5.82 Å². The second-order valence-electron chi connectivity index (χ2n) is 3.81. The fourth-order valence-corrected chi connectivity index (χ4v) is 2.99. The first-order chi connectivity index (χ1) is 7.51. The van der Waals surface area contributed by atoms with Crippen LogP contribution in [0.15, 0.2) is 22.7 Å². The van der Waals surface area contributed by atoms with Crippen molar-refractivity contribution in [2.75, 3.05) is 18.8 Å². The third kappa shape index (κ3) is 1.83. The van der Waals surface area contributed by atoms with E-state index in [2.05, 4.69) is 10.2 Å². The zero-order valence-electron chi connectivity index (χ0n) is 8.97. The second-order valence-corrected chi connectivity index (χ2v) is 5.72. The maximum Gasteiger partial charge on any atom is 0.248 e. The molecule has 0 spiro atoms. The van der Waals surface area contributed by atoms with E-state index in [4.69, 9.17) is 5.73 Å². The number of anilines is 1. The predicted molar refractivity (Wildman–Crippen MR) is 60.1 cm³/mol. The summed E-state index contributed by atoms with van der Waals surface area (Å²) < 4.78 is 25.7. The molecule has 0 fully saturated rings. The lowest BCUT2D eigenvalue weighted by Gasteiger charge is -2.24. The summed E-state index contributed by atoms with van der Waals surface area (Å²) in [6.07, 6.45) is 3.92. The van der Waals surface area contributed by atoms with Crippen LogP contribution in [-0.2, 0) is 10.0 Å². The van der Waals surface area contributed by atoms with Gasteiger partial charge in [0.05, 0.1) is 6.20 Å². The summed E-state index contributed by atoms with van der Waals surface area (Å²) in [6.45, 7) is 2.89. The molecule has 7 heteroatoms. The molecule has 1 aromatic heterocycles. The molecular weight excluding hydrogens is 228 g/mol. The lowest BCUT2D eigenvalue weighted by molar-refractivity contribution is 0.431. The van der Waals surface area contributed by atoms with Crippen molar-refractivity contribution in [3.05, 3.63) is 17.8 Å². The van der Waals surface area contributed by atoms with E-state index in [0.29, 0.717) is 13.1 Å². The quantitative estimate of drug-likeness (QED) is 0.731. The van der Waals surface area contributed by atoms with Gasteiger partial charge >= 0.3 is 0 Å². The van der Waals surface area contributed by atoms with Gasteiger partial charge in [-0.2, -0.15) is 9.40 Å². The number of nitrogens with zero attached hydrogens (tertiary/aromatic N) is 2. The lowest BCUT2D eigenvalue weighted by Crippen LogP contribution is -2.34. The van der Waals surface area contributed by atoms with Crippen molar-refractivity contribution in [2.24, 2.45) is 0 Å². The first-order valence-corrected chi connectivity index (χ1v) is 6.40. The molecule has 2 rings (SSSR count). The summed E-state index contributed by atoms with van der Waals surface area (Å²) in [4.78, 5) is 0.0560. The molecule has 1 aromatic rings. The van der Waals surface area contributed by atoms with Crippen LogP contribution in [0.3, 0.4) is 0 Å². The molecule has 16 heavy (non-hydrogen) atoms. The fraction of sp³-hybridized carbons (Fsp3) is 0.444. The van der Waals surface area contributed by atoms with E-state index in [-0.39, 0.29) is 10.7 Å². The molecule has 6 nitrogen and oxygen atoms in total. The van der Waals surface area contributed by atoms with Crippen molar-refractivity contribution >= 4 is 15.8 Å². The first kappa shape index (κ1) is 11.2. The molecule has 0 unspecified atom stereocenters. The van der Waals surface area contributed by atoms with Gasteiger partial charge in [-0.05, 0) is 13.3 Å². The number of nitrogen functional groups attached to an aromatic ring is 1. The molecule has 88 valence electrons. The lowest BCUT2D eigenvalue weighted by atomic mass is 10.1. The number of nitrogens with two attached hydrogens (primary N) is 1. The number of hydrogen-bond acceptors (Lipinski definition) is 4. The molecule has 0 bridgehead atoms. The van der Waals surface area contributed by atoms with Crippen LogP contribution in [0.25, 0.3) is 0 Å². The van der Waals surface area contributed by atoms with Crippen LogP contribution in [0.5, 0.6) is 0 Å². The van der Waals surface area contributed by atoms with Crippen LogP contribution in [-0.4, -0.2) is 36.0 Å². The van der Waals surface area contributed by atoms with Crippen LogP contribution < -0.4 is 5.73 Å². The van der Waals surface area contributed by atoms with Crippen molar-refractivity contribution < 1.29 is 8.42 Å². The van der Waals surface area contributed by atoms with Gasteiger partial charge in [-0.3, -0.25) is 5.10 Å². The highest BCUT2D eigenvalue weighted by atomic mass is 32.2. The third-order valence-electron chi connectivity index (χ3n) is 2.65. The van der Waals surface area contributed by atoms with Gasteiger partial charge in [0.15, 0.2) is 0 Å². The van der Waals surface area contributed by atoms with E-state index in [0.717, 1.165) is 6.42 Å². The molecule has 1 aliphatic heterocycles. The number of aromatic nitrogens is 2. The summed E-state index contributed by atoms with van der Waals surface area (Å²) in [5, 5.41) is 6.06. The normalized spacial score (nSPS) is 18.4. The van der Waals surface area contributed by atoms with Gasteiger partial charge in [0.25, 0.3) is 0 Å². The number of nitrogens with one attached hydrogen (secondary N) is 1. The minimum absolute atomic E-state index is 0.0560. The zero-order chi connectivity index (χ0) is 11.8. The molecule has 2 heterocycles. The average molecular weight is 242 g/mol. The van der Waals surface area contributed by atoms with Crippen LogP contribution in [0.1, 0.15) is 13.3 Å². The fourth-order valence-electron chi connectivity index (χ4n) is 1.60. The van der Waals surface area contributed by atoms with Crippen LogP contribution in [0.2, 0.25) is 0 Å². The van der Waals surface area contributed by atoms with Gasteiger partial charge in [-0.1, -0.05) is 11.6 Å². The second kappa shape index (κ2) is 3.91. The Balaban J connectivity index is 2.31. The molecule has 0 atom stereocenters. The Morgan fingerprint density at radius 1 is 1.56 bits per heavy atom. The van der Waals surface area contributed by atoms with E-state index >= 15 is 0 Å². The van der Waals surface area contributed by atoms with E-state index in [1.807, 2.05) is 13.0 Å². The van der Waals surface area contributed by atoms with Crippen molar-refractivity contribution in [3.8, 4) is 0 Å². The minimum atomic E-state index is -3.50. The Labute approximate surface area is 94.2 Å². The van der Waals surface area contributed by atoms with Gasteiger partial charge in [0.2, 0.25) is 10.0 Å². The molecule has 0 saturated carbocycles. The van der Waals surface area contributed by atoms with Gasteiger partial charge in [-0.15, -0.1) is 0 Å². The standard InChI is InChI=1S/C9H14N4O2S/c1-7-2-4-13(5-3-7)16(14,15)8-6-11-12-9(8)10/h2,6H,3-5H2,1H3,(H3,10,11,12). The Morgan fingerprint density at radius 3 is 2.81 bits per heavy atom. The van der Waals surface area contributed by atoms with Crippen LogP contribution in [0, 0.1) is 0 Å². The van der Waals surface area contributed by atoms with Crippen molar-refractivity contribution in [2.45, 2.75) is 18.2 Å². The number of aromatic amines is 1. The predicted octanol–water partition coefficient (Wildman–Crippen LogP) is 0.333. The number of H-pyrrole nitrogens is 1. The van der Waals surface area contributed by atoms with Crippen molar-refractivity contribution in [1.82, 2.24) is 14.5 Å². The molecule has 0 saturated heterocycles. The van der Waals surface area contributed by atoms with Gasteiger partial charge in [0.1, 0.15) is 10.7 Å². The van der Waals surface area contributed by atoms with Gasteiger partial charge in [0, 0.05) is 13.1 Å². The highest BCUT2D eigenvalue weighted by Gasteiger charge is 2.28. The first-order valence-electron chi connectivity index (χ1n) is 4.96. The number of sulfonamides is 1. The van der Waals surface area contributed by atoms with E-state index < -0.39 is 10.0 Å². The third-order valence-corrected chi connectivity index (χ3v) is 4.54. The topological polar surface area (TPSA) is 92.1 Å². The van der Waals surface area contributed by atoms with E-state index in [9.17, 15) is 8.42 Å². The van der Waals surface area contributed by atoms with Gasteiger partial charge < -0.3 is 5.73 Å². The molecular formula is C9H14N4O2S. The monoisotopic (exact) mass is 242 g/mol. The number of hydrogen-bond donors (Lipinski definition) is 2. The molecule has 0 aromatic carbocycles. The summed E-state index contributed by atoms with van der Waals surface area (Å²) >= 11 is 0. The summed E-state index contributed by atoms with van der Waals surface area (Å²) in [5.74, 6) is 0.0891. The molecule has 0 aliphatic carbocycles. The van der Waals surface area contributed by atoms with Crippen molar-refractivity contribution in [3.63, 3.8) is 0 Å². The van der Waals surface area contributed by atoms with E-state index in [1.54, 1.807) is 0 Å². The SMILES string of the molecule is CC1=CCN(S(=O)(=O)c2cn[nH]c2N)CC1. The Kier molecular flexibility index (Phi) is 2.73. The highest BCUT2D eigenvalue weighted by Crippen LogP contribution is 2.22. The number of rotatable bonds is 2. The Hall–Kier alpha value is -1.34.